The number of aromatic nitrogens is 4. The van der Waals surface area contributed by atoms with Crippen LogP contribution >= 0.6 is 17.6 Å². The summed E-state index contributed by atoms with van der Waals surface area (Å²) in [6, 6.07) is 0. The molecule has 0 aliphatic rings. The van der Waals surface area contributed by atoms with E-state index in [0.717, 1.165) is 12.8 Å². The van der Waals surface area contributed by atoms with Gasteiger partial charge in [0.2, 0.25) is 0 Å². The first-order valence-electron chi connectivity index (χ1n) is 15.6. The smallest absolute Gasteiger partial charge is 0.353 e. The van der Waals surface area contributed by atoms with Gasteiger partial charge in [0.15, 0.2) is 11.5 Å². The highest BCUT2D eigenvalue weighted by Gasteiger charge is 2.25. The predicted octanol–water partition coefficient (Wildman–Crippen LogP) is 7.10. The van der Waals surface area contributed by atoms with Crippen LogP contribution in [0.2, 0.25) is 0 Å². The third kappa shape index (κ3) is 14.8. The van der Waals surface area contributed by atoms with Crippen molar-refractivity contribution in [2.75, 3.05) is 44.4 Å². The molecule has 12 heteroatoms. The second-order valence-electron chi connectivity index (χ2n) is 12.5. The number of hydrogen-bond acceptors (Lipinski definition) is 8. The van der Waals surface area contributed by atoms with Gasteiger partial charge in [-0.2, -0.15) is 10.0 Å². The highest BCUT2D eigenvalue weighted by atomic mass is 32.3. The average molecular weight is 642 g/mol. The number of fused-ring (bicyclic) bond motifs is 1. The number of unbranched alkanes of at least 4 members (excludes halogenated alkanes) is 9. The topological polar surface area (TPSA) is 135 Å². The lowest BCUT2D eigenvalue weighted by Gasteiger charge is -2.39. The summed E-state index contributed by atoms with van der Waals surface area (Å²) in [5.41, 5.74) is 6.92. The maximum absolute atomic E-state index is 12.3. The lowest BCUT2D eigenvalue weighted by Crippen LogP contribution is -2.21. The van der Waals surface area contributed by atoms with Crippen LogP contribution in [-0.4, -0.2) is 73.9 Å². The van der Waals surface area contributed by atoms with Crippen molar-refractivity contribution in [3.8, 4) is 11.2 Å². The molecule has 0 fully saturated rings. The molecular formula is C31H56N5O5PS. The highest BCUT2D eigenvalue weighted by molar-refractivity contribution is 8.37. The van der Waals surface area contributed by atoms with Gasteiger partial charge in [0.05, 0.1) is 25.6 Å². The van der Waals surface area contributed by atoms with E-state index >= 15 is 0 Å². The van der Waals surface area contributed by atoms with E-state index in [1.54, 1.807) is 17.8 Å². The monoisotopic (exact) mass is 641 g/mol. The number of imidazole rings is 1. The van der Waals surface area contributed by atoms with Gasteiger partial charge < -0.3 is 29.2 Å². The van der Waals surface area contributed by atoms with Crippen molar-refractivity contribution in [1.82, 2.24) is 19.5 Å². The maximum atomic E-state index is 12.3. The van der Waals surface area contributed by atoms with Gasteiger partial charge in [0.25, 0.3) is 0 Å². The molecule has 0 aromatic carbocycles. The Kier molecular flexibility index (Phi) is 16.6. The van der Waals surface area contributed by atoms with E-state index in [9.17, 15) is 9.46 Å². The van der Waals surface area contributed by atoms with E-state index in [2.05, 4.69) is 59.4 Å². The second-order valence-corrected chi connectivity index (χ2v) is 18.4. The quantitative estimate of drug-likeness (QED) is 0.0831. The molecule has 3 N–H and O–H groups in total. The van der Waals surface area contributed by atoms with Crippen LogP contribution in [0.15, 0.2) is 12.7 Å². The number of nitrogens with zero attached hydrogens (tertiary/aromatic N) is 4. The van der Waals surface area contributed by atoms with Crippen molar-refractivity contribution in [1.29, 1.82) is 0 Å². The van der Waals surface area contributed by atoms with E-state index in [1.807, 2.05) is 0 Å². The lowest BCUT2D eigenvalue weighted by molar-refractivity contribution is 0.0688. The Hall–Kier alpha value is -1.67. The molecule has 43 heavy (non-hydrogen) atoms. The van der Waals surface area contributed by atoms with E-state index in [-0.39, 0.29) is 23.8 Å². The molecule has 0 aliphatic heterocycles. The number of rotatable bonds is 21. The number of nitrogen functional groups attached to an aromatic ring is 1. The van der Waals surface area contributed by atoms with Gasteiger partial charge in [-0.1, -0.05) is 76.9 Å². The molecule has 0 bridgehead atoms. The van der Waals surface area contributed by atoms with Crippen LogP contribution in [0.3, 0.4) is 0 Å². The Morgan fingerprint density at radius 1 is 0.977 bits per heavy atom. The zero-order valence-electron chi connectivity index (χ0n) is 27.3. The molecule has 0 spiro atoms. The predicted molar refractivity (Wildman–Crippen MR) is 180 cm³/mol. The minimum Gasteiger partial charge on any atom is -0.382 e. The minimum absolute atomic E-state index is 0.149. The first-order valence-corrected chi connectivity index (χ1v) is 19.8. The van der Waals surface area contributed by atoms with Gasteiger partial charge in [-0.3, -0.25) is 4.57 Å². The molecule has 0 amide bonds. The molecular weight excluding hydrogens is 585 g/mol. The van der Waals surface area contributed by atoms with Gasteiger partial charge in [0.1, 0.15) is 18.2 Å². The summed E-state index contributed by atoms with van der Waals surface area (Å²) >= 11 is 0. The Bertz CT molecular complexity index is 1190. The Labute approximate surface area is 261 Å². The molecule has 2 aromatic heterocycles. The van der Waals surface area contributed by atoms with Crippen molar-refractivity contribution in [2.24, 2.45) is 0 Å². The number of hydrogen-bond donors (Lipinski definition) is 2. The molecule has 246 valence electrons. The number of ether oxygens (including phenoxy) is 2. The summed E-state index contributed by atoms with van der Waals surface area (Å²) in [5, 5.41) is 3.56. The third-order valence-electron chi connectivity index (χ3n) is 7.58. The van der Waals surface area contributed by atoms with Gasteiger partial charge in [-0.15, -0.1) is 0 Å². The third-order valence-corrected chi connectivity index (χ3v) is 12.4. The van der Waals surface area contributed by atoms with E-state index in [1.165, 1.54) is 57.7 Å². The van der Waals surface area contributed by atoms with Crippen LogP contribution in [0, 0.1) is 11.2 Å². The average Bonchev–Trinajstić information content (AvgIpc) is 3.34. The van der Waals surface area contributed by atoms with Crippen molar-refractivity contribution in [3.05, 3.63) is 12.7 Å². The Balaban J connectivity index is 1.39. The summed E-state index contributed by atoms with van der Waals surface area (Å²) in [4.78, 5) is 22.4. The molecule has 2 rings (SSSR count). The van der Waals surface area contributed by atoms with Gasteiger partial charge in [-0.25, -0.2) is 15.0 Å². The summed E-state index contributed by atoms with van der Waals surface area (Å²) in [6.45, 7) is 10.5. The van der Waals surface area contributed by atoms with Crippen LogP contribution in [0.1, 0.15) is 98.3 Å². The standard InChI is InChI=1S/C31H56N5O5PS/c1-27(23-36-25-35-28-29(32)33-24-34-30(28)36)40-26-42(37,38)41-21-18-20-39-19-16-14-12-10-8-7-9-11-13-15-17-22-43(5,6)31(2,3)4/h24-25,27H,7-16,18-21,23,26H2,1-6H3,(H,37,38)(H2,32,33,34)/t27-/m1/s1. The largest absolute Gasteiger partial charge is 0.382 e. The molecule has 2 atom stereocenters. The van der Waals surface area contributed by atoms with Gasteiger partial charge in [-0.05, 0) is 38.7 Å². The maximum Gasteiger partial charge on any atom is 0.353 e. The van der Waals surface area contributed by atoms with Crippen molar-refractivity contribution >= 4 is 34.6 Å². The SMILES string of the molecule is C[C@H](Cn1cnc2c(N)ncnc21)OCP(=O)(O)OCCCOCCCCCCCCCCCC#CS(C)(C)C(C)(C)C. The van der Waals surface area contributed by atoms with Crippen LogP contribution in [0.25, 0.3) is 11.2 Å². The van der Waals surface area contributed by atoms with Gasteiger partial charge >= 0.3 is 7.60 Å². The van der Waals surface area contributed by atoms with Gasteiger partial charge in [0, 0.05) is 24.4 Å². The Morgan fingerprint density at radius 2 is 1.60 bits per heavy atom. The number of nitrogens with two attached hydrogens (primary N) is 1. The molecule has 10 nitrogen and oxygen atoms in total. The zero-order valence-corrected chi connectivity index (χ0v) is 29.1. The normalized spacial score (nSPS) is 14.8. The molecule has 2 heterocycles. The fourth-order valence-corrected chi connectivity index (χ4v) is 5.83. The summed E-state index contributed by atoms with van der Waals surface area (Å²) < 4.78 is 30.8. The lowest BCUT2D eigenvalue weighted by atomic mass is 10.1. The van der Waals surface area contributed by atoms with E-state index in [4.69, 9.17) is 19.7 Å². The van der Waals surface area contributed by atoms with Crippen molar-refractivity contribution in [3.63, 3.8) is 0 Å². The van der Waals surface area contributed by atoms with Crippen molar-refractivity contribution < 1.29 is 23.5 Å². The van der Waals surface area contributed by atoms with Crippen LogP contribution in [0.4, 0.5) is 5.82 Å². The van der Waals surface area contributed by atoms with Crippen LogP contribution in [-0.2, 0) is 25.1 Å². The van der Waals surface area contributed by atoms with E-state index in [0.29, 0.717) is 43.2 Å². The molecule has 0 aliphatic carbocycles. The molecule has 0 radical (unpaired) electrons. The van der Waals surface area contributed by atoms with E-state index < -0.39 is 17.6 Å². The first kappa shape index (κ1) is 37.5. The van der Waals surface area contributed by atoms with Crippen LogP contribution in [0.5, 0.6) is 0 Å². The summed E-state index contributed by atoms with van der Waals surface area (Å²) in [5.74, 6) is 3.74. The molecule has 0 saturated carbocycles. The Morgan fingerprint density at radius 3 is 2.28 bits per heavy atom. The first-order chi connectivity index (χ1) is 20.3. The molecule has 1 unspecified atom stereocenters. The van der Waals surface area contributed by atoms with Crippen LogP contribution < -0.4 is 5.73 Å². The number of anilines is 1. The summed E-state index contributed by atoms with van der Waals surface area (Å²) in [7, 11) is -4.69. The fourth-order valence-electron chi connectivity index (χ4n) is 4.13. The highest BCUT2D eigenvalue weighted by Crippen LogP contribution is 2.51. The second kappa shape index (κ2) is 19.0. The zero-order chi connectivity index (χ0) is 31.8. The molecule has 0 saturated heterocycles. The molecule has 2 aromatic rings. The van der Waals surface area contributed by atoms with Crippen molar-refractivity contribution in [2.45, 2.75) is 116 Å². The minimum atomic E-state index is -3.85. The summed E-state index contributed by atoms with van der Waals surface area (Å²) in [6.07, 6.45) is 19.6. The fraction of sp³-hybridized carbons (Fsp3) is 0.774.